The number of amidine groups is 2. The second kappa shape index (κ2) is 9.76. The summed E-state index contributed by atoms with van der Waals surface area (Å²) in [7, 11) is 0. The van der Waals surface area contributed by atoms with E-state index in [1.165, 1.54) is 18.2 Å². The summed E-state index contributed by atoms with van der Waals surface area (Å²) < 4.78 is 0. The number of carbonyl (C=O) groups excluding carboxylic acids is 1. The van der Waals surface area contributed by atoms with Crippen LogP contribution in [0.1, 0.15) is 27.5 Å². The molecule has 0 aliphatic heterocycles. The number of hydrogen-bond acceptors (Lipinski definition) is 3. The first-order chi connectivity index (χ1) is 14.3. The Morgan fingerprint density at radius 3 is 1.97 bits per heavy atom. The molecule has 0 aliphatic rings. The van der Waals surface area contributed by atoms with Crippen molar-refractivity contribution in [3.05, 3.63) is 105 Å². The zero-order valence-corrected chi connectivity index (χ0v) is 17.8. The summed E-state index contributed by atoms with van der Waals surface area (Å²) in [6.45, 7) is 0. The highest BCUT2D eigenvalue weighted by molar-refractivity contribution is 6.35. The fourth-order valence-electron chi connectivity index (χ4n) is 2.76. The number of carbonyl (C=O) groups is 1. The van der Waals surface area contributed by atoms with Crippen LogP contribution in [0.5, 0.6) is 0 Å². The van der Waals surface area contributed by atoms with Crippen LogP contribution in [0.2, 0.25) is 15.1 Å². The molecule has 8 heteroatoms. The number of benzene rings is 3. The molecule has 3 aromatic carbocycles. The molecular weight excluding hydrogens is 443 g/mol. The molecule has 0 aromatic heterocycles. The largest absolute Gasteiger partial charge is 0.338 e. The molecular formula is C22H17Cl3N4O. The predicted octanol–water partition coefficient (Wildman–Crippen LogP) is 5.71. The Hall–Kier alpha value is -2.86. The molecule has 0 bridgehead atoms. The van der Waals surface area contributed by atoms with Crippen molar-refractivity contribution in [2.24, 2.45) is 0 Å². The van der Waals surface area contributed by atoms with Gasteiger partial charge in [-0.05, 0) is 35.9 Å². The Labute approximate surface area is 189 Å². The Morgan fingerprint density at radius 1 is 0.767 bits per heavy atom. The van der Waals surface area contributed by atoms with Crippen molar-refractivity contribution in [1.82, 2.24) is 10.6 Å². The molecule has 3 rings (SSSR count). The summed E-state index contributed by atoms with van der Waals surface area (Å²) in [6.07, 6.45) is 0. The van der Waals surface area contributed by atoms with E-state index in [1.807, 2.05) is 6.07 Å². The summed E-state index contributed by atoms with van der Waals surface area (Å²) in [5.41, 5.74) is 1.50. The lowest BCUT2D eigenvalue weighted by molar-refractivity contribution is 0.0946. The number of halogens is 3. The molecule has 0 spiro atoms. The summed E-state index contributed by atoms with van der Waals surface area (Å²) in [5, 5.41) is 23.5. The van der Waals surface area contributed by atoms with Crippen molar-refractivity contribution >= 4 is 52.4 Å². The van der Waals surface area contributed by atoms with Crippen LogP contribution >= 0.6 is 34.8 Å². The molecule has 0 heterocycles. The van der Waals surface area contributed by atoms with Crippen LogP contribution < -0.4 is 10.6 Å². The molecule has 1 amide bonds. The van der Waals surface area contributed by atoms with Crippen molar-refractivity contribution in [3.63, 3.8) is 0 Å². The molecule has 0 aliphatic carbocycles. The Balaban J connectivity index is 1.86. The normalized spacial score (nSPS) is 11.4. The van der Waals surface area contributed by atoms with Crippen molar-refractivity contribution < 1.29 is 4.79 Å². The van der Waals surface area contributed by atoms with E-state index in [1.54, 1.807) is 48.5 Å². The van der Waals surface area contributed by atoms with Gasteiger partial charge in [-0.3, -0.25) is 15.6 Å². The van der Waals surface area contributed by atoms with Gasteiger partial charge in [-0.25, -0.2) is 0 Å². The lowest BCUT2D eigenvalue weighted by Crippen LogP contribution is -2.42. The molecule has 1 unspecified atom stereocenters. The van der Waals surface area contributed by atoms with E-state index in [4.69, 9.17) is 45.6 Å². The van der Waals surface area contributed by atoms with E-state index in [2.05, 4.69) is 10.6 Å². The zero-order chi connectivity index (χ0) is 21.7. The van der Waals surface area contributed by atoms with Crippen LogP contribution in [0.25, 0.3) is 0 Å². The highest BCUT2D eigenvalue weighted by Gasteiger charge is 2.22. The van der Waals surface area contributed by atoms with Gasteiger partial charge in [0.05, 0.1) is 0 Å². The monoisotopic (exact) mass is 458 g/mol. The number of amides is 1. The maximum atomic E-state index is 12.8. The Morgan fingerprint density at radius 2 is 1.37 bits per heavy atom. The van der Waals surface area contributed by atoms with Crippen molar-refractivity contribution in [2.75, 3.05) is 0 Å². The number of hydrogen-bond donors (Lipinski definition) is 4. The number of nitrogens with one attached hydrogen (secondary N) is 4. The lowest BCUT2D eigenvalue weighted by Gasteiger charge is -2.22. The minimum Gasteiger partial charge on any atom is -0.338 e. The van der Waals surface area contributed by atoms with Gasteiger partial charge in [0.15, 0.2) is 0 Å². The lowest BCUT2D eigenvalue weighted by atomic mass is 10.0. The molecule has 4 N–H and O–H groups in total. The van der Waals surface area contributed by atoms with Gasteiger partial charge >= 0.3 is 0 Å². The number of rotatable bonds is 5. The maximum absolute atomic E-state index is 12.8. The third-order valence-electron chi connectivity index (χ3n) is 4.21. The smallest absolute Gasteiger partial charge is 0.252 e. The highest BCUT2D eigenvalue weighted by atomic mass is 35.5. The summed E-state index contributed by atoms with van der Waals surface area (Å²) in [5.74, 6) is -0.496. The van der Waals surface area contributed by atoms with Crippen LogP contribution in [-0.2, 0) is 0 Å². The minimum atomic E-state index is -0.850. The molecule has 5 nitrogen and oxygen atoms in total. The second-order valence-corrected chi connectivity index (χ2v) is 7.71. The van der Waals surface area contributed by atoms with Gasteiger partial charge in [-0.2, -0.15) is 0 Å². The SMILES string of the molecule is N=C(NC(=N)C(NC(=O)c1cc(Cl)cc(Cl)c1)c1ccc(Cl)cc1)c1ccccc1. The third-order valence-corrected chi connectivity index (χ3v) is 4.90. The topological polar surface area (TPSA) is 88.8 Å². The van der Waals surface area contributed by atoms with E-state index in [9.17, 15) is 4.79 Å². The Bertz CT molecular complexity index is 1070. The zero-order valence-electron chi connectivity index (χ0n) is 15.5. The molecule has 0 saturated carbocycles. The molecule has 152 valence electrons. The third kappa shape index (κ3) is 5.60. The van der Waals surface area contributed by atoms with Gasteiger partial charge in [0.25, 0.3) is 5.91 Å². The maximum Gasteiger partial charge on any atom is 0.252 e. The molecule has 0 radical (unpaired) electrons. The van der Waals surface area contributed by atoms with E-state index in [-0.39, 0.29) is 17.2 Å². The first-order valence-electron chi connectivity index (χ1n) is 8.85. The molecule has 0 fully saturated rings. The van der Waals surface area contributed by atoms with Crippen LogP contribution in [-0.4, -0.2) is 17.6 Å². The highest BCUT2D eigenvalue weighted by Crippen LogP contribution is 2.21. The molecule has 30 heavy (non-hydrogen) atoms. The van der Waals surface area contributed by atoms with Crippen LogP contribution in [0.4, 0.5) is 0 Å². The standard InChI is InChI=1S/C22H17Cl3N4O/c23-16-8-6-13(7-9-16)19(21(27)29-20(26)14-4-2-1-3-5-14)28-22(30)15-10-17(24)12-18(25)11-15/h1-12,19H,(H,28,30)(H3,26,27,29). The van der Waals surface area contributed by atoms with Crippen molar-refractivity contribution in [2.45, 2.75) is 6.04 Å². The van der Waals surface area contributed by atoms with E-state index in [0.717, 1.165) is 0 Å². The summed E-state index contributed by atoms with van der Waals surface area (Å²) >= 11 is 18.0. The van der Waals surface area contributed by atoms with Crippen LogP contribution in [0.3, 0.4) is 0 Å². The first-order valence-corrected chi connectivity index (χ1v) is 9.99. The molecule has 1 atom stereocenters. The van der Waals surface area contributed by atoms with Crippen LogP contribution in [0, 0.1) is 10.8 Å². The van der Waals surface area contributed by atoms with Gasteiger partial charge in [0, 0.05) is 26.2 Å². The average Bonchev–Trinajstić information content (AvgIpc) is 2.72. The van der Waals surface area contributed by atoms with Gasteiger partial charge in [-0.1, -0.05) is 77.3 Å². The van der Waals surface area contributed by atoms with E-state index >= 15 is 0 Å². The van der Waals surface area contributed by atoms with E-state index in [0.29, 0.717) is 26.2 Å². The second-order valence-electron chi connectivity index (χ2n) is 6.40. The average molecular weight is 460 g/mol. The quantitative estimate of drug-likeness (QED) is 0.291. The van der Waals surface area contributed by atoms with Gasteiger partial charge in [0.2, 0.25) is 0 Å². The van der Waals surface area contributed by atoms with Gasteiger partial charge < -0.3 is 10.6 Å². The van der Waals surface area contributed by atoms with E-state index < -0.39 is 11.9 Å². The van der Waals surface area contributed by atoms with Crippen molar-refractivity contribution in [3.8, 4) is 0 Å². The first kappa shape index (κ1) is 21.8. The van der Waals surface area contributed by atoms with Gasteiger partial charge in [0.1, 0.15) is 17.7 Å². The Kier molecular flexibility index (Phi) is 7.11. The van der Waals surface area contributed by atoms with Gasteiger partial charge in [-0.15, -0.1) is 0 Å². The van der Waals surface area contributed by atoms with Crippen molar-refractivity contribution in [1.29, 1.82) is 10.8 Å². The molecule has 3 aromatic rings. The summed E-state index contributed by atoms with van der Waals surface area (Å²) in [4.78, 5) is 12.8. The summed E-state index contributed by atoms with van der Waals surface area (Å²) in [6, 6.07) is 19.4. The fourth-order valence-corrected chi connectivity index (χ4v) is 3.41. The van der Waals surface area contributed by atoms with Crippen LogP contribution in [0.15, 0.2) is 72.8 Å². The minimum absolute atomic E-state index is 0.0413. The predicted molar refractivity (Wildman–Crippen MR) is 122 cm³/mol. The molecule has 0 saturated heterocycles. The fraction of sp³-hybridized carbons (Fsp3) is 0.0455.